The van der Waals surface area contributed by atoms with E-state index in [1.807, 2.05) is 43.3 Å². The molecule has 9 heteroatoms. The number of carbonyl (C=O) groups excluding carboxylic acids is 1. The number of nitrogens with zero attached hydrogens (tertiary/aromatic N) is 4. The third-order valence-corrected chi connectivity index (χ3v) is 6.16. The quantitative estimate of drug-likeness (QED) is 0.556. The first-order chi connectivity index (χ1) is 15.0. The van der Waals surface area contributed by atoms with E-state index in [0.29, 0.717) is 21.8 Å². The number of nitrogens with one attached hydrogen (secondary N) is 1. The SMILES string of the molecule is Cc1ccc(-c2nnc(SCC(=O)Nc3cc(Cl)ccc3N3CCN(C)CC3)o2)cc1. The molecule has 2 aromatic carbocycles. The fraction of sp³-hybridized carbons (Fsp3) is 0.318. The van der Waals surface area contributed by atoms with Gasteiger partial charge in [0, 0.05) is 36.8 Å². The number of rotatable bonds is 6. The number of hydrogen-bond acceptors (Lipinski definition) is 7. The number of anilines is 2. The molecule has 0 unspecified atom stereocenters. The summed E-state index contributed by atoms with van der Waals surface area (Å²) < 4.78 is 5.69. The molecule has 162 valence electrons. The zero-order chi connectivity index (χ0) is 21.8. The van der Waals surface area contributed by atoms with E-state index in [9.17, 15) is 4.79 Å². The zero-order valence-electron chi connectivity index (χ0n) is 17.5. The fourth-order valence-electron chi connectivity index (χ4n) is 3.33. The number of hydrogen-bond donors (Lipinski definition) is 1. The summed E-state index contributed by atoms with van der Waals surface area (Å²) in [4.78, 5) is 17.2. The van der Waals surface area contributed by atoms with Gasteiger partial charge in [0.25, 0.3) is 5.22 Å². The van der Waals surface area contributed by atoms with Crippen LogP contribution in [0.15, 0.2) is 52.1 Å². The van der Waals surface area contributed by atoms with Crippen LogP contribution in [0.25, 0.3) is 11.5 Å². The minimum Gasteiger partial charge on any atom is -0.411 e. The van der Waals surface area contributed by atoms with Gasteiger partial charge in [-0.3, -0.25) is 4.79 Å². The van der Waals surface area contributed by atoms with Gasteiger partial charge in [0.1, 0.15) is 0 Å². The van der Waals surface area contributed by atoms with Crippen molar-refractivity contribution in [3.63, 3.8) is 0 Å². The molecule has 0 radical (unpaired) electrons. The Morgan fingerprint density at radius 2 is 1.87 bits per heavy atom. The van der Waals surface area contributed by atoms with Crippen LogP contribution in [0.2, 0.25) is 5.02 Å². The maximum Gasteiger partial charge on any atom is 0.277 e. The molecule has 0 spiro atoms. The largest absolute Gasteiger partial charge is 0.411 e. The van der Waals surface area contributed by atoms with Crippen LogP contribution in [0.1, 0.15) is 5.56 Å². The Morgan fingerprint density at radius 3 is 2.61 bits per heavy atom. The van der Waals surface area contributed by atoms with Crippen molar-refractivity contribution in [2.24, 2.45) is 0 Å². The molecule has 1 saturated heterocycles. The third kappa shape index (κ3) is 5.58. The molecular weight excluding hydrogens is 434 g/mol. The maximum atomic E-state index is 12.6. The summed E-state index contributed by atoms with van der Waals surface area (Å²) in [6, 6.07) is 13.4. The molecule has 0 atom stereocenters. The average molecular weight is 458 g/mol. The molecule has 1 amide bonds. The van der Waals surface area contributed by atoms with Crippen molar-refractivity contribution < 1.29 is 9.21 Å². The van der Waals surface area contributed by atoms with E-state index in [2.05, 4.69) is 32.4 Å². The van der Waals surface area contributed by atoms with Crippen LogP contribution in [0.5, 0.6) is 0 Å². The first-order valence-corrected chi connectivity index (χ1v) is 11.4. The van der Waals surface area contributed by atoms with E-state index in [-0.39, 0.29) is 11.7 Å². The average Bonchev–Trinajstić information content (AvgIpc) is 3.23. The van der Waals surface area contributed by atoms with Crippen molar-refractivity contribution in [1.82, 2.24) is 15.1 Å². The van der Waals surface area contributed by atoms with Gasteiger partial charge in [-0.05, 0) is 44.3 Å². The predicted octanol–water partition coefficient (Wildman–Crippen LogP) is 4.18. The summed E-state index contributed by atoms with van der Waals surface area (Å²) in [5, 5.41) is 12.0. The number of thioether (sulfide) groups is 1. The monoisotopic (exact) mass is 457 g/mol. The number of halogens is 1. The number of carbonyl (C=O) groups is 1. The molecule has 3 aromatic rings. The molecule has 1 fully saturated rings. The number of aryl methyl sites for hydroxylation is 1. The summed E-state index contributed by atoms with van der Waals surface area (Å²) in [5.41, 5.74) is 3.71. The zero-order valence-corrected chi connectivity index (χ0v) is 19.0. The molecule has 1 N–H and O–H groups in total. The lowest BCUT2D eigenvalue weighted by atomic mass is 10.1. The Hall–Kier alpha value is -2.55. The highest BCUT2D eigenvalue weighted by Gasteiger charge is 2.19. The predicted molar refractivity (Wildman–Crippen MR) is 125 cm³/mol. The van der Waals surface area contributed by atoms with Gasteiger partial charge in [-0.15, -0.1) is 10.2 Å². The van der Waals surface area contributed by atoms with Crippen LogP contribution in [-0.4, -0.2) is 60.0 Å². The number of amides is 1. The van der Waals surface area contributed by atoms with E-state index in [0.717, 1.165) is 43.0 Å². The van der Waals surface area contributed by atoms with Crippen molar-refractivity contribution in [2.45, 2.75) is 12.1 Å². The minimum absolute atomic E-state index is 0.155. The summed E-state index contributed by atoms with van der Waals surface area (Å²) >= 11 is 7.40. The third-order valence-electron chi connectivity index (χ3n) is 5.11. The highest BCUT2D eigenvalue weighted by Crippen LogP contribution is 2.30. The molecule has 31 heavy (non-hydrogen) atoms. The second-order valence-corrected chi connectivity index (χ2v) is 8.89. The normalized spacial score (nSPS) is 14.6. The molecule has 0 aliphatic carbocycles. The molecule has 0 saturated carbocycles. The molecular formula is C22H24ClN5O2S. The molecule has 1 aliphatic rings. The van der Waals surface area contributed by atoms with Crippen molar-refractivity contribution in [1.29, 1.82) is 0 Å². The minimum atomic E-state index is -0.155. The van der Waals surface area contributed by atoms with Gasteiger partial charge in [-0.2, -0.15) is 0 Å². The topological polar surface area (TPSA) is 74.5 Å². The van der Waals surface area contributed by atoms with Crippen molar-refractivity contribution in [3.05, 3.63) is 53.1 Å². The van der Waals surface area contributed by atoms with E-state index in [4.69, 9.17) is 16.0 Å². The van der Waals surface area contributed by atoms with Crippen LogP contribution in [0, 0.1) is 6.92 Å². The Balaban J connectivity index is 1.38. The summed E-state index contributed by atoms with van der Waals surface area (Å²) in [6.07, 6.45) is 0. The molecule has 4 rings (SSSR count). The van der Waals surface area contributed by atoms with Gasteiger partial charge in [0.05, 0.1) is 17.1 Å². The molecule has 1 aliphatic heterocycles. The lowest BCUT2D eigenvalue weighted by Gasteiger charge is -2.35. The number of benzene rings is 2. The first kappa shape index (κ1) is 21.7. The molecule has 7 nitrogen and oxygen atoms in total. The van der Waals surface area contributed by atoms with Crippen LogP contribution < -0.4 is 10.2 Å². The summed E-state index contributed by atoms with van der Waals surface area (Å²) in [6.45, 7) is 5.78. The highest BCUT2D eigenvalue weighted by atomic mass is 35.5. The molecule has 1 aromatic heterocycles. The van der Waals surface area contributed by atoms with Crippen molar-refractivity contribution in [3.8, 4) is 11.5 Å². The van der Waals surface area contributed by atoms with Gasteiger partial charge in [-0.1, -0.05) is 41.1 Å². The summed E-state index contributed by atoms with van der Waals surface area (Å²) in [5.74, 6) is 0.442. The van der Waals surface area contributed by atoms with Crippen LogP contribution in [0.4, 0.5) is 11.4 Å². The van der Waals surface area contributed by atoms with E-state index >= 15 is 0 Å². The van der Waals surface area contributed by atoms with Gasteiger partial charge in [0.2, 0.25) is 11.8 Å². The van der Waals surface area contributed by atoms with E-state index in [1.54, 1.807) is 6.07 Å². The Bertz CT molecular complexity index is 1050. The lowest BCUT2D eigenvalue weighted by Crippen LogP contribution is -2.44. The number of aromatic nitrogens is 2. The maximum absolute atomic E-state index is 12.6. The van der Waals surface area contributed by atoms with Gasteiger partial charge < -0.3 is 19.5 Å². The lowest BCUT2D eigenvalue weighted by molar-refractivity contribution is -0.113. The summed E-state index contributed by atoms with van der Waals surface area (Å²) in [7, 11) is 2.11. The standard InChI is InChI=1S/C22H24ClN5O2S/c1-15-3-5-16(6-4-15)21-25-26-22(30-21)31-14-20(29)24-18-13-17(23)7-8-19(18)28-11-9-27(2)10-12-28/h3-8,13H,9-12,14H2,1-2H3,(H,24,29). The van der Waals surface area contributed by atoms with E-state index < -0.39 is 0 Å². The highest BCUT2D eigenvalue weighted by molar-refractivity contribution is 7.99. The Labute approximate surface area is 190 Å². The van der Waals surface area contributed by atoms with Gasteiger partial charge >= 0.3 is 0 Å². The van der Waals surface area contributed by atoms with E-state index in [1.165, 1.54) is 11.8 Å². The Morgan fingerprint density at radius 1 is 1.13 bits per heavy atom. The van der Waals surface area contributed by atoms with Crippen LogP contribution in [0.3, 0.4) is 0 Å². The van der Waals surface area contributed by atoms with Crippen molar-refractivity contribution in [2.75, 3.05) is 49.2 Å². The second kappa shape index (κ2) is 9.72. The van der Waals surface area contributed by atoms with Gasteiger partial charge in [-0.25, -0.2) is 0 Å². The fourth-order valence-corrected chi connectivity index (χ4v) is 4.06. The van der Waals surface area contributed by atoms with Gasteiger partial charge in [0.15, 0.2) is 0 Å². The number of piperazine rings is 1. The molecule has 2 heterocycles. The van der Waals surface area contributed by atoms with Crippen LogP contribution in [-0.2, 0) is 4.79 Å². The number of likely N-dealkylation sites (N-methyl/N-ethyl adjacent to an activating group) is 1. The molecule has 0 bridgehead atoms. The smallest absolute Gasteiger partial charge is 0.277 e. The Kier molecular flexibility index (Phi) is 6.80. The van der Waals surface area contributed by atoms with Crippen molar-refractivity contribution >= 4 is 40.6 Å². The second-order valence-electron chi connectivity index (χ2n) is 7.53. The first-order valence-electron chi connectivity index (χ1n) is 10.0. The van der Waals surface area contributed by atoms with Crippen LogP contribution >= 0.6 is 23.4 Å².